The highest BCUT2D eigenvalue weighted by Gasteiger charge is 2.33. The van der Waals surface area contributed by atoms with Crippen molar-refractivity contribution in [1.82, 2.24) is 4.90 Å². The van der Waals surface area contributed by atoms with Gasteiger partial charge >= 0.3 is 0 Å². The van der Waals surface area contributed by atoms with Gasteiger partial charge in [0.2, 0.25) is 11.8 Å². The van der Waals surface area contributed by atoms with E-state index in [4.69, 9.17) is 0 Å². The quantitative estimate of drug-likeness (QED) is 0.724. The van der Waals surface area contributed by atoms with E-state index in [1.807, 2.05) is 32.0 Å². The van der Waals surface area contributed by atoms with Crippen molar-refractivity contribution in [1.29, 1.82) is 0 Å². The van der Waals surface area contributed by atoms with Crippen molar-refractivity contribution in [3.8, 4) is 0 Å². The summed E-state index contributed by atoms with van der Waals surface area (Å²) in [6.07, 6.45) is 2.22. The molecule has 0 bridgehead atoms. The topological polar surface area (TPSA) is 78.5 Å². The van der Waals surface area contributed by atoms with Crippen molar-refractivity contribution in [3.63, 3.8) is 0 Å². The molecule has 1 fully saturated rings. The molecule has 2 aromatic carbocycles. The number of rotatable bonds is 7. The van der Waals surface area contributed by atoms with E-state index in [1.54, 1.807) is 29.2 Å². The van der Waals surface area contributed by atoms with Crippen LogP contribution in [-0.4, -0.2) is 35.7 Å². The van der Waals surface area contributed by atoms with E-state index in [2.05, 4.69) is 17.6 Å². The molecule has 6 heteroatoms. The lowest BCUT2D eigenvalue weighted by atomic mass is 10.1. The third kappa shape index (κ3) is 5.06. The van der Waals surface area contributed by atoms with Gasteiger partial charge in [0.15, 0.2) is 0 Å². The molecule has 0 aromatic heterocycles. The molecule has 3 amide bonds. The molecule has 0 radical (unpaired) electrons. The Morgan fingerprint density at radius 2 is 1.80 bits per heavy atom. The van der Waals surface area contributed by atoms with Crippen LogP contribution in [0.3, 0.4) is 0 Å². The normalized spacial score (nSPS) is 15.9. The molecule has 2 aromatic rings. The molecule has 1 aliphatic heterocycles. The van der Waals surface area contributed by atoms with Crippen LogP contribution >= 0.6 is 0 Å². The van der Waals surface area contributed by atoms with Crippen LogP contribution in [0.1, 0.15) is 47.7 Å². The Morgan fingerprint density at radius 3 is 2.50 bits per heavy atom. The molecule has 0 saturated carbocycles. The number of nitrogens with zero attached hydrogens (tertiary/aromatic N) is 1. The van der Waals surface area contributed by atoms with Gasteiger partial charge in [-0.1, -0.05) is 25.5 Å². The van der Waals surface area contributed by atoms with E-state index in [-0.39, 0.29) is 30.1 Å². The lowest BCUT2D eigenvalue weighted by molar-refractivity contribution is -0.128. The number of hydrogen-bond acceptors (Lipinski definition) is 3. The van der Waals surface area contributed by atoms with Crippen LogP contribution in [0.25, 0.3) is 0 Å². The van der Waals surface area contributed by atoms with Gasteiger partial charge in [0.1, 0.15) is 0 Å². The molecule has 0 aliphatic carbocycles. The summed E-state index contributed by atoms with van der Waals surface area (Å²) in [5.41, 5.74) is 4.06. The number of carbonyl (C=O) groups excluding carboxylic acids is 3. The fraction of sp³-hybridized carbons (Fsp3) is 0.375. The van der Waals surface area contributed by atoms with Crippen molar-refractivity contribution in [2.75, 3.05) is 23.7 Å². The second kappa shape index (κ2) is 9.57. The number of hydrogen-bond donors (Lipinski definition) is 2. The second-order valence-electron chi connectivity index (χ2n) is 7.86. The highest BCUT2D eigenvalue weighted by atomic mass is 16.2. The van der Waals surface area contributed by atoms with Crippen LogP contribution in [0.4, 0.5) is 11.4 Å². The summed E-state index contributed by atoms with van der Waals surface area (Å²) in [7, 11) is 0. The van der Waals surface area contributed by atoms with Crippen molar-refractivity contribution >= 4 is 29.1 Å². The first kappa shape index (κ1) is 21.6. The highest BCUT2D eigenvalue weighted by Crippen LogP contribution is 2.22. The van der Waals surface area contributed by atoms with Crippen LogP contribution in [-0.2, 0) is 9.59 Å². The lowest BCUT2D eigenvalue weighted by Gasteiger charge is -2.16. The number of amides is 3. The zero-order valence-corrected chi connectivity index (χ0v) is 17.8. The maximum Gasteiger partial charge on any atom is 0.255 e. The molecule has 2 N–H and O–H groups in total. The summed E-state index contributed by atoms with van der Waals surface area (Å²) in [6, 6.07) is 12.6. The molecule has 1 atom stereocenters. The number of benzene rings is 2. The third-order valence-electron chi connectivity index (χ3n) is 5.63. The van der Waals surface area contributed by atoms with Gasteiger partial charge in [0.25, 0.3) is 5.91 Å². The van der Waals surface area contributed by atoms with Crippen LogP contribution in [0.5, 0.6) is 0 Å². The molecule has 0 unspecified atom stereocenters. The van der Waals surface area contributed by atoms with Crippen molar-refractivity contribution in [2.24, 2.45) is 5.92 Å². The maximum atomic E-state index is 12.5. The molecule has 1 heterocycles. The summed E-state index contributed by atoms with van der Waals surface area (Å²) >= 11 is 0. The predicted octanol–water partition coefficient (Wildman–Crippen LogP) is 4.14. The predicted molar refractivity (Wildman–Crippen MR) is 119 cm³/mol. The van der Waals surface area contributed by atoms with E-state index in [1.165, 1.54) is 0 Å². The summed E-state index contributed by atoms with van der Waals surface area (Å²) in [5, 5.41) is 5.79. The number of aryl methyl sites for hydroxylation is 1. The molecule has 1 aliphatic rings. The van der Waals surface area contributed by atoms with E-state index < -0.39 is 0 Å². The van der Waals surface area contributed by atoms with E-state index in [0.717, 1.165) is 29.7 Å². The van der Waals surface area contributed by atoms with Gasteiger partial charge in [-0.3, -0.25) is 14.4 Å². The van der Waals surface area contributed by atoms with Gasteiger partial charge in [0, 0.05) is 36.4 Å². The Labute approximate surface area is 177 Å². The zero-order valence-electron chi connectivity index (χ0n) is 17.8. The van der Waals surface area contributed by atoms with Gasteiger partial charge in [-0.25, -0.2) is 0 Å². The largest absolute Gasteiger partial charge is 0.342 e. The minimum Gasteiger partial charge on any atom is -0.342 e. The molecule has 158 valence electrons. The number of carbonyl (C=O) groups is 3. The first-order valence-electron chi connectivity index (χ1n) is 10.4. The van der Waals surface area contributed by atoms with E-state index in [0.29, 0.717) is 24.3 Å². The Hall–Kier alpha value is -3.15. The summed E-state index contributed by atoms with van der Waals surface area (Å²) < 4.78 is 0. The summed E-state index contributed by atoms with van der Waals surface area (Å²) in [5.74, 6) is -0.645. The monoisotopic (exact) mass is 407 g/mol. The Kier molecular flexibility index (Phi) is 6.87. The van der Waals surface area contributed by atoms with Crippen molar-refractivity contribution in [2.45, 2.75) is 40.0 Å². The second-order valence-corrected chi connectivity index (χ2v) is 7.86. The van der Waals surface area contributed by atoms with Crippen LogP contribution in [0, 0.1) is 19.8 Å². The van der Waals surface area contributed by atoms with Gasteiger partial charge in [-0.15, -0.1) is 0 Å². The zero-order chi connectivity index (χ0) is 21.7. The minimum atomic E-state index is -0.332. The number of unbranched alkanes of at least 4 members (excludes halogenated alkanes) is 1. The first-order valence-corrected chi connectivity index (χ1v) is 10.4. The average molecular weight is 408 g/mol. The SMILES string of the molecule is CCCCN1C[C@H](C(=O)Nc2ccc(C(=O)Nc3cccc(C)c3C)cc2)CC1=O. The number of nitrogens with one attached hydrogen (secondary N) is 2. The number of anilines is 2. The molecule has 3 rings (SSSR count). The maximum absolute atomic E-state index is 12.5. The van der Waals surface area contributed by atoms with Gasteiger partial charge in [-0.2, -0.15) is 0 Å². The Balaban J connectivity index is 1.58. The molecular weight excluding hydrogens is 378 g/mol. The van der Waals surface area contributed by atoms with E-state index in [9.17, 15) is 14.4 Å². The first-order chi connectivity index (χ1) is 14.4. The fourth-order valence-electron chi connectivity index (χ4n) is 3.54. The smallest absolute Gasteiger partial charge is 0.255 e. The van der Waals surface area contributed by atoms with Gasteiger partial charge in [-0.05, 0) is 61.7 Å². The van der Waals surface area contributed by atoms with Crippen molar-refractivity contribution in [3.05, 3.63) is 59.2 Å². The lowest BCUT2D eigenvalue weighted by Crippen LogP contribution is -2.29. The van der Waals surface area contributed by atoms with Crippen LogP contribution < -0.4 is 10.6 Å². The molecule has 1 saturated heterocycles. The fourth-order valence-corrected chi connectivity index (χ4v) is 3.54. The van der Waals surface area contributed by atoms with Crippen LogP contribution in [0.2, 0.25) is 0 Å². The molecule has 6 nitrogen and oxygen atoms in total. The van der Waals surface area contributed by atoms with Gasteiger partial charge in [0.05, 0.1) is 5.92 Å². The minimum absolute atomic E-state index is 0.0436. The highest BCUT2D eigenvalue weighted by molar-refractivity contribution is 6.05. The summed E-state index contributed by atoms with van der Waals surface area (Å²) in [4.78, 5) is 38.9. The summed E-state index contributed by atoms with van der Waals surface area (Å²) in [6.45, 7) is 7.24. The number of likely N-dealkylation sites (tertiary alicyclic amines) is 1. The van der Waals surface area contributed by atoms with Gasteiger partial charge < -0.3 is 15.5 Å². The molecule has 0 spiro atoms. The standard InChI is InChI=1S/C24H29N3O3/c1-4-5-13-27-15-19(14-22(27)28)24(30)25-20-11-9-18(10-12-20)23(29)26-21-8-6-7-16(2)17(21)3/h6-12,19H,4-5,13-15H2,1-3H3,(H,25,30)(H,26,29)/t19-/m1/s1. The third-order valence-corrected chi connectivity index (χ3v) is 5.63. The average Bonchev–Trinajstić information content (AvgIpc) is 3.11. The van der Waals surface area contributed by atoms with Crippen LogP contribution in [0.15, 0.2) is 42.5 Å². The van der Waals surface area contributed by atoms with E-state index >= 15 is 0 Å². The molecule has 30 heavy (non-hydrogen) atoms. The Morgan fingerprint density at radius 1 is 1.07 bits per heavy atom. The van der Waals surface area contributed by atoms with Crippen molar-refractivity contribution < 1.29 is 14.4 Å². The Bertz CT molecular complexity index is 937. The molecular formula is C24H29N3O3.